The molecular weight excluding hydrogens is 388 g/mol. The number of allylic oxidation sites excluding steroid dienone is 2. The summed E-state index contributed by atoms with van der Waals surface area (Å²) in [6.45, 7) is 21.6. The molecule has 0 aliphatic rings. The van der Waals surface area contributed by atoms with E-state index in [4.69, 9.17) is 0 Å². The fourth-order valence-electron chi connectivity index (χ4n) is 1.97. The summed E-state index contributed by atoms with van der Waals surface area (Å²) in [6.07, 6.45) is 1.27. The van der Waals surface area contributed by atoms with E-state index in [-0.39, 0.29) is 17.4 Å². The predicted octanol–water partition coefficient (Wildman–Crippen LogP) is 5.68. The van der Waals surface area contributed by atoms with Crippen LogP contribution in [0.25, 0.3) is 0 Å². The average Bonchev–Trinajstić information content (AvgIpc) is 2.70. The maximum Gasteiger partial charge on any atom is 0.251 e. The molecule has 0 spiro atoms. The number of nitrogens with one attached hydrogen (secondary N) is 3. The third-order valence-electron chi connectivity index (χ3n) is 4.23. The molecule has 0 radical (unpaired) electrons. The van der Waals surface area contributed by atoms with Crippen LogP contribution in [0.5, 0.6) is 0 Å². The summed E-state index contributed by atoms with van der Waals surface area (Å²) in [4.78, 5) is 22.8. The van der Waals surface area contributed by atoms with E-state index in [1.165, 1.54) is 13.3 Å². The molecule has 0 bridgehead atoms. The summed E-state index contributed by atoms with van der Waals surface area (Å²) in [5.74, 6) is -0.468. The summed E-state index contributed by atoms with van der Waals surface area (Å²) in [5, 5.41) is 17.4. The third-order valence-corrected chi connectivity index (χ3v) is 4.23. The molecule has 0 atom stereocenters. The lowest BCUT2D eigenvalue weighted by molar-refractivity contribution is -0.118. The molecule has 1 aromatic carbocycles. The van der Waals surface area contributed by atoms with Gasteiger partial charge in [-0.05, 0) is 37.0 Å². The first-order chi connectivity index (χ1) is 14.4. The van der Waals surface area contributed by atoms with Gasteiger partial charge in [-0.2, -0.15) is 5.26 Å². The second-order valence-electron chi connectivity index (χ2n) is 7.92. The Labute approximate surface area is 188 Å². The Balaban J connectivity index is 0. The predicted molar refractivity (Wildman–Crippen MR) is 131 cm³/mol. The Morgan fingerprint density at radius 2 is 1.68 bits per heavy atom. The lowest BCUT2D eigenvalue weighted by Crippen LogP contribution is -2.20. The molecule has 1 rings (SSSR count). The maximum atomic E-state index is 11.7. The number of hydrogen-bond acceptors (Lipinski definition) is 4. The molecular formula is C25H40N4O2. The Kier molecular flexibility index (Phi) is 14.4. The van der Waals surface area contributed by atoms with E-state index in [2.05, 4.69) is 50.2 Å². The summed E-state index contributed by atoms with van der Waals surface area (Å²) in [5.41, 5.74) is 3.60. The lowest BCUT2D eigenvalue weighted by Gasteiger charge is -2.14. The van der Waals surface area contributed by atoms with Crippen LogP contribution >= 0.6 is 0 Å². The Morgan fingerprint density at radius 3 is 2.06 bits per heavy atom. The van der Waals surface area contributed by atoms with Gasteiger partial charge in [-0.3, -0.25) is 9.59 Å². The zero-order valence-electron chi connectivity index (χ0n) is 20.9. The number of nitriles is 1. The highest BCUT2D eigenvalue weighted by Crippen LogP contribution is 2.21. The van der Waals surface area contributed by atoms with Crippen LogP contribution in [-0.4, -0.2) is 18.9 Å². The SMILES string of the molecule is C=C(Nc1cc(C(=O)NC)ccc1C)/C(C#N)=C(/C)NC(C)=O.CC.CCC(C)(C)C. The number of benzene rings is 1. The van der Waals surface area contributed by atoms with Crippen LogP contribution in [0.2, 0.25) is 0 Å². The minimum atomic E-state index is -0.263. The van der Waals surface area contributed by atoms with Gasteiger partial charge >= 0.3 is 0 Å². The van der Waals surface area contributed by atoms with Gasteiger partial charge in [0.1, 0.15) is 6.07 Å². The summed E-state index contributed by atoms with van der Waals surface area (Å²) >= 11 is 0. The molecule has 0 aliphatic heterocycles. The van der Waals surface area contributed by atoms with Crippen LogP contribution in [0.1, 0.15) is 77.7 Å². The number of amides is 2. The second-order valence-corrected chi connectivity index (χ2v) is 7.92. The van der Waals surface area contributed by atoms with Crippen LogP contribution in [0.15, 0.2) is 41.7 Å². The van der Waals surface area contributed by atoms with E-state index in [0.29, 0.717) is 28.1 Å². The maximum absolute atomic E-state index is 11.7. The molecule has 2 amide bonds. The van der Waals surface area contributed by atoms with E-state index < -0.39 is 0 Å². The van der Waals surface area contributed by atoms with Crippen molar-refractivity contribution in [2.24, 2.45) is 5.41 Å². The van der Waals surface area contributed by atoms with Gasteiger partial charge in [0.05, 0.1) is 11.3 Å². The number of anilines is 1. The quantitative estimate of drug-likeness (QED) is 0.415. The zero-order valence-corrected chi connectivity index (χ0v) is 20.9. The monoisotopic (exact) mass is 428 g/mol. The molecule has 0 saturated heterocycles. The van der Waals surface area contributed by atoms with Gasteiger partial charge in [0.25, 0.3) is 5.91 Å². The Morgan fingerprint density at radius 1 is 1.16 bits per heavy atom. The van der Waals surface area contributed by atoms with Crippen LogP contribution < -0.4 is 16.0 Å². The molecule has 0 fully saturated rings. The van der Waals surface area contributed by atoms with Gasteiger partial charge in [-0.1, -0.05) is 60.6 Å². The molecule has 6 heteroatoms. The largest absolute Gasteiger partial charge is 0.355 e. The van der Waals surface area contributed by atoms with E-state index in [1.807, 2.05) is 26.8 Å². The normalized spacial score (nSPS) is 10.6. The topological polar surface area (TPSA) is 94.0 Å². The molecule has 0 saturated carbocycles. The third kappa shape index (κ3) is 12.3. The van der Waals surface area contributed by atoms with Crippen molar-refractivity contribution in [2.45, 2.75) is 68.7 Å². The van der Waals surface area contributed by atoms with E-state index >= 15 is 0 Å². The van der Waals surface area contributed by atoms with Gasteiger partial charge in [0.2, 0.25) is 5.91 Å². The van der Waals surface area contributed by atoms with Crippen molar-refractivity contribution in [1.82, 2.24) is 10.6 Å². The molecule has 0 aromatic heterocycles. The molecule has 1 aromatic rings. The summed E-state index contributed by atoms with van der Waals surface area (Å²) in [7, 11) is 1.56. The highest BCUT2D eigenvalue weighted by molar-refractivity contribution is 5.95. The minimum Gasteiger partial charge on any atom is -0.355 e. The number of rotatable bonds is 5. The van der Waals surface area contributed by atoms with Crippen LogP contribution in [0.4, 0.5) is 5.69 Å². The molecule has 3 N–H and O–H groups in total. The van der Waals surface area contributed by atoms with Gasteiger partial charge < -0.3 is 16.0 Å². The van der Waals surface area contributed by atoms with Crippen LogP contribution in [0, 0.1) is 23.7 Å². The summed E-state index contributed by atoms with van der Waals surface area (Å²) in [6, 6.07) is 7.22. The fraction of sp³-hybridized carbons (Fsp3) is 0.480. The van der Waals surface area contributed by atoms with Crippen LogP contribution in [-0.2, 0) is 4.79 Å². The molecule has 0 heterocycles. The average molecular weight is 429 g/mol. The first kappa shape index (κ1) is 30.1. The first-order valence-corrected chi connectivity index (χ1v) is 10.5. The lowest BCUT2D eigenvalue weighted by atomic mass is 9.94. The van der Waals surface area contributed by atoms with Crippen molar-refractivity contribution < 1.29 is 9.59 Å². The molecule has 31 heavy (non-hydrogen) atoms. The highest BCUT2D eigenvalue weighted by Gasteiger charge is 2.11. The van der Waals surface area contributed by atoms with Gasteiger partial charge in [-0.15, -0.1) is 0 Å². The number of nitrogens with zero attached hydrogens (tertiary/aromatic N) is 1. The molecule has 0 aliphatic carbocycles. The van der Waals surface area contributed by atoms with Crippen molar-refractivity contribution in [3.63, 3.8) is 0 Å². The number of aryl methyl sites for hydroxylation is 1. The van der Waals surface area contributed by atoms with Crippen LogP contribution in [0.3, 0.4) is 0 Å². The van der Waals surface area contributed by atoms with Crippen molar-refractivity contribution in [3.05, 3.63) is 52.9 Å². The van der Waals surface area contributed by atoms with Crippen molar-refractivity contribution in [1.29, 1.82) is 5.26 Å². The number of carbonyl (C=O) groups excluding carboxylic acids is 2. The van der Waals surface area contributed by atoms with E-state index in [1.54, 1.807) is 32.2 Å². The Hall–Kier alpha value is -3.07. The van der Waals surface area contributed by atoms with Gasteiger partial charge in [0, 0.05) is 30.9 Å². The first-order valence-electron chi connectivity index (χ1n) is 10.5. The number of hydrogen-bond donors (Lipinski definition) is 3. The molecule has 0 unspecified atom stereocenters. The van der Waals surface area contributed by atoms with Crippen molar-refractivity contribution >= 4 is 17.5 Å². The second kappa shape index (κ2) is 14.8. The molecule has 6 nitrogen and oxygen atoms in total. The van der Waals surface area contributed by atoms with Crippen molar-refractivity contribution in [3.8, 4) is 6.07 Å². The standard InChI is InChI=1S/C17H20N4O2.C6H14.C2H6/c1-10-6-7-14(17(23)19-5)8-16(10)21-12(3)15(9-18)11(2)20-13(4)22;1-5-6(2,3)4;1-2/h6-8,21H,3H2,1-2,4-5H3,(H,19,23)(H,20,22);5H2,1-4H3;1-2H3/b15-11-;;. The van der Waals surface area contributed by atoms with E-state index in [9.17, 15) is 14.9 Å². The smallest absolute Gasteiger partial charge is 0.251 e. The van der Waals surface area contributed by atoms with Crippen molar-refractivity contribution in [2.75, 3.05) is 12.4 Å². The van der Waals surface area contributed by atoms with Gasteiger partial charge in [0.15, 0.2) is 0 Å². The highest BCUT2D eigenvalue weighted by atomic mass is 16.2. The van der Waals surface area contributed by atoms with E-state index in [0.717, 1.165) is 5.56 Å². The number of carbonyl (C=O) groups is 2. The fourth-order valence-corrected chi connectivity index (χ4v) is 1.97. The zero-order chi connectivity index (χ0) is 24.8. The summed E-state index contributed by atoms with van der Waals surface area (Å²) < 4.78 is 0. The molecule has 172 valence electrons. The minimum absolute atomic E-state index is 0.205. The Bertz CT molecular complexity index is 825. The van der Waals surface area contributed by atoms with Gasteiger partial charge in [-0.25, -0.2) is 0 Å².